The van der Waals surface area contributed by atoms with Gasteiger partial charge in [0.15, 0.2) is 8.68 Å². The van der Waals surface area contributed by atoms with E-state index >= 15 is 0 Å². The van der Waals surface area contributed by atoms with Gasteiger partial charge in [-0.15, -0.1) is 10.2 Å². The molecule has 0 radical (unpaired) electrons. The highest BCUT2D eigenvalue weighted by Crippen LogP contribution is 2.35. The number of nitrogens with one attached hydrogen (secondary N) is 1. The van der Waals surface area contributed by atoms with Gasteiger partial charge in [-0.3, -0.25) is 0 Å². The van der Waals surface area contributed by atoms with Gasteiger partial charge in [0.2, 0.25) is 0 Å². The fourth-order valence-electron chi connectivity index (χ4n) is 1.60. The number of rotatable bonds is 7. The molecule has 0 saturated heterocycles. The summed E-state index contributed by atoms with van der Waals surface area (Å²) in [5, 5.41) is 12.6. The standard InChI is InChI=1S/C12H17N5S3/c1-4-6-13-9-8(5-2)10(15-7-14-9)19-12-17-16-11(18-3)20-12/h7H,4-6H2,1-3H3,(H,13,14,15). The third kappa shape index (κ3) is 3.83. The minimum absolute atomic E-state index is 0.892. The van der Waals surface area contributed by atoms with E-state index in [0.29, 0.717) is 0 Å². The fourth-order valence-corrected chi connectivity index (χ4v) is 4.12. The molecule has 0 spiro atoms. The third-order valence-corrected chi connectivity index (χ3v) is 5.54. The van der Waals surface area contributed by atoms with Gasteiger partial charge in [0.1, 0.15) is 17.2 Å². The Hall–Kier alpha value is -0.860. The molecule has 2 aromatic rings. The Morgan fingerprint density at radius 2 is 2.00 bits per heavy atom. The Labute approximate surface area is 131 Å². The molecular weight excluding hydrogens is 310 g/mol. The van der Waals surface area contributed by atoms with Gasteiger partial charge in [-0.1, -0.05) is 36.9 Å². The van der Waals surface area contributed by atoms with Crippen LogP contribution in [0.3, 0.4) is 0 Å². The molecule has 108 valence electrons. The lowest BCUT2D eigenvalue weighted by Crippen LogP contribution is -2.06. The van der Waals surface area contributed by atoms with Crippen LogP contribution >= 0.6 is 34.9 Å². The highest BCUT2D eigenvalue weighted by atomic mass is 32.2. The van der Waals surface area contributed by atoms with E-state index in [4.69, 9.17) is 0 Å². The van der Waals surface area contributed by atoms with E-state index in [1.807, 2.05) is 6.26 Å². The summed E-state index contributed by atoms with van der Waals surface area (Å²) in [6.07, 6.45) is 5.58. The van der Waals surface area contributed by atoms with Crippen LogP contribution in [0, 0.1) is 0 Å². The highest BCUT2D eigenvalue weighted by molar-refractivity contribution is 8.03. The van der Waals surface area contributed by atoms with Crippen molar-refractivity contribution in [3.63, 3.8) is 0 Å². The molecule has 5 nitrogen and oxygen atoms in total. The maximum Gasteiger partial charge on any atom is 0.181 e. The number of hydrogen-bond donors (Lipinski definition) is 1. The zero-order valence-corrected chi connectivity index (χ0v) is 14.2. The number of nitrogens with zero attached hydrogens (tertiary/aromatic N) is 4. The Bertz CT molecular complexity index is 558. The van der Waals surface area contributed by atoms with E-state index in [9.17, 15) is 0 Å². The molecule has 0 atom stereocenters. The largest absolute Gasteiger partial charge is 0.370 e. The molecule has 2 rings (SSSR count). The van der Waals surface area contributed by atoms with Gasteiger partial charge in [0.25, 0.3) is 0 Å². The molecule has 0 saturated carbocycles. The normalized spacial score (nSPS) is 10.8. The van der Waals surface area contributed by atoms with E-state index in [0.717, 1.165) is 44.5 Å². The van der Waals surface area contributed by atoms with Crippen LogP contribution < -0.4 is 5.32 Å². The lowest BCUT2D eigenvalue weighted by molar-refractivity contribution is 0.907. The first-order chi connectivity index (χ1) is 9.78. The zero-order chi connectivity index (χ0) is 14.4. The lowest BCUT2D eigenvalue weighted by atomic mass is 10.2. The summed E-state index contributed by atoms with van der Waals surface area (Å²) in [5.41, 5.74) is 1.15. The average Bonchev–Trinajstić information content (AvgIpc) is 2.93. The van der Waals surface area contributed by atoms with Gasteiger partial charge in [-0.05, 0) is 30.9 Å². The molecule has 0 aromatic carbocycles. The van der Waals surface area contributed by atoms with Crippen LogP contribution in [0.2, 0.25) is 0 Å². The van der Waals surface area contributed by atoms with Crippen LogP contribution in [-0.4, -0.2) is 33.0 Å². The van der Waals surface area contributed by atoms with Crippen molar-refractivity contribution in [1.29, 1.82) is 0 Å². The van der Waals surface area contributed by atoms with Crippen LogP contribution in [0.5, 0.6) is 0 Å². The Kier molecular flexibility index (Phi) is 6.06. The maximum absolute atomic E-state index is 4.39. The summed E-state index contributed by atoms with van der Waals surface area (Å²) in [5.74, 6) is 0.932. The molecule has 0 amide bonds. The topological polar surface area (TPSA) is 63.6 Å². The quantitative estimate of drug-likeness (QED) is 0.616. The maximum atomic E-state index is 4.39. The number of anilines is 1. The molecule has 0 aliphatic heterocycles. The van der Waals surface area contributed by atoms with Crippen molar-refractivity contribution in [3.05, 3.63) is 11.9 Å². The lowest BCUT2D eigenvalue weighted by Gasteiger charge is -2.11. The molecule has 1 N–H and O–H groups in total. The summed E-state index contributed by atoms with van der Waals surface area (Å²) in [6.45, 7) is 5.18. The van der Waals surface area contributed by atoms with E-state index in [2.05, 4.69) is 39.3 Å². The minimum Gasteiger partial charge on any atom is -0.370 e. The Morgan fingerprint density at radius 3 is 2.65 bits per heavy atom. The van der Waals surface area contributed by atoms with Gasteiger partial charge in [0, 0.05) is 12.1 Å². The van der Waals surface area contributed by atoms with Gasteiger partial charge < -0.3 is 5.32 Å². The van der Waals surface area contributed by atoms with Gasteiger partial charge >= 0.3 is 0 Å². The van der Waals surface area contributed by atoms with Crippen molar-refractivity contribution >= 4 is 40.7 Å². The molecule has 0 aliphatic rings. The highest BCUT2D eigenvalue weighted by Gasteiger charge is 2.13. The summed E-state index contributed by atoms with van der Waals surface area (Å²) in [4.78, 5) is 8.73. The predicted octanol–water partition coefficient (Wildman–Crippen LogP) is 3.59. The fraction of sp³-hybridized carbons (Fsp3) is 0.500. The molecular formula is C12H17N5S3. The second kappa shape index (κ2) is 7.80. The van der Waals surface area contributed by atoms with Crippen molar-refractivity contribution in [2.75, 3.05) is 18.1 Å². The second-order valence-corrected chi connectivity index (χ2v) is 7.19. The molecule has 0 fully saturated rings. The molecule has 8 heteroatoms. The van der Waals surface area contributed by atoms with E-state index in [1.165, 1.54) is 0 Å². The van der Waals surface area contributed by atoms with Gasteiger partial charge in [0.05, 0.1) is 0 Å². The van der Waals surface area contributed by atoms with Gasteiger partial charge in [-0.2, -0.15) is 0 Å². The van der Waals surface area contributed by atoms with E-state index in [1.54, 1.807) is 41.2 Å². The van der Waals surface area contributed by atoms with Gasteiger partial charge in [-0.25, -0.2) is 9.97 Å². The Morgan fingerprint density at radius 1 is 1.20 bits per heavy atom. The van der Waals surface area contributed by atoms with Crippen LogP contribution in [-0.2, 0) is 6.42 Å². The summed E-state index contributed by atoms with van der Waals surface area (Å²) < 4.78 is 1.90. The average molecular weight is 328 g/mol. The van der Waals surface area contributed by atoms with Crippen molar-refractivity contribution in [2.45, 2.75) is 40.4 Å². The van der Waals surface area contributed by atoms with Crippen LogP contribution in [0.25, 0.3) is 0 Å². The zero-order valence-electron chi connectivity index (χ0n) is 11.7. The SMILES string of the molecule is CCCNc1ncnc(Sc2nnc(SC)s2)c1CC. The molecule has 2 aromatic heterocycles. The molecule has 0 unspecified atom stereocenters. The minimum atomic E-state index is 0.892. The van der Waals surface area contributed by atoms with E-state index in [-0.39, 0.29) is 0 Å². The van der Waals surface area contributed by atoms with E-state index < -0.39 is 0 Å². The number of aromatic nitrogens is 4. The summed E-state index contributed by atoms with van der Waals surface area (Å²) >= 11 is 4.77. The van der Waals surface area contributed by atoms with Crippen molar-refractivity contribution in [2.24, 2.45) is 0 Å². The summed E-state index contributed by atoms with van der Waals surface area (Å²) in [6, 6.07) is 0. The number of thioether (sulfide) groups is 1. The first-order valence-electron chi connectivity index (χ1n) is 6.41. The monoisotopic (exact) mass is 327 g/mol. The first-order valence-corrected chi connectivity index (χ1v) is 9.27. The second-order valence-electron chi connectivity index (χ2n) is 3.93. The van der Waals surface area contributed by atoms with Crippen LogP contribution in [0.4, 0.5) is 5.82 Å². The van der Waals surface area contributed by atoms with Crippen molar-refractivity contribution in [1.82, 2.24) is 20.2 Å². The molecule has 0 aliphatic carbocycles. The predicted molar refractivity (Wildman–Crippen MR) is 86.0 cm³/mol. The molecule has 2 heterocycles. The van der Waals surface area contributed by atoms with Crippen LogP contribution in [0.1, 0.15) is 25.8 Å². The van der Waals surface area contributed by atoms with Crippen LogP contribution in [0.15, 0.2) is 20.0 Å². The Balaban J connectivity index is 2.21. The molecule has 20 heavy (non-hydrogen) atoms. The van der Waals surface area contributed by atoms with Crippen molar-refractivity contribution in [3.8, 4) is 0 Å². The first kappa shape index (κ1) is 15.5. The van der Waals surface area contributed by atoms with Crippen molar-refractivity contribution < 1.29 is 0 Å². The summed E-state index contributed by atoms with van der Waals surface area (Å²) in [7, 11) is 0. The number of hydrogen-bond acceptors (Lipinski definition) is 8. The molecule has 0 bridgehead atoms. The smallest absolute Gasteiger partial charge is 0.181 e. The third-order valence-electron chi connectivity index (χ3n) is 2.55.